The van der Waals surface area contributed by atoms with Crippen molar-refractivity contribution in [2.45, 2.75) is 50.7 Å². The van der Waals surface area contributed by atoms with Crippen LogP contribution in [-0.4, -0.2) is 30.9 Å². The topological polar surface area (TPSA) is 73.2 Å². The molecule has 1 aromatic carbocycles. The Balaban J connectivity index is 1.72. The summed E-state index contributed by atoms with van der Waals surface area (Å²) >= 11 is 0. The fourth-order valence-electron chi connectivity index (χ4n) is 2.88. The molecule has 1 unspecified atom stereocenters. The summed E-state index contributed by atoms with van der Waals surface area (Å²) in [6.45, 7) is 5.10. The molecule has 6 nitrogen and oxygen atoms in total. The van der Waals surface area contributed by atoms with Crippen LogP contribution in [0.5, 0.6) is 0 Å². The molecule has 0 aliphatic carbocycles. The number of hydrogen-bond acceptors (Lipinski definition) is 4. The van der Waals surface area contributed by atoms with Crippen molar-refractivity contribution in [3.8, 4) is 0 Å². The van der Waals surface area contributed by atoms with E-state index in [-0.39, 0.29) is 6.10 Å². The second kappa shape index (κ2) is 6.94. The van der Waals surface area contributed by atoms with Crippen LogP contribution in [0, 0.1) is 13.8 Å². The summed E-state index contributed by atoms with van der Waals surface area (Å²) in [5, 5.41) is 4.24. The number of aryl methyl sites for hydroxylation is 2. The Morgan fingerprint density at radius 3 is 2.92 bits per heavy atom. The van der Waals surface area contributed by atoms with Crippen LogP contribution < -0.4 is 4.72 Å². The molecule has 1 atom stereocenters. The van der Waals surface area contributed by atoms with E-state index in [1.165, 1.54) is 6.20 Å². The zero-order valence-corrected chi connectivity index (χ0v) is 14.8. The number of nitrogens with zero attached hydrogens (tertiary/aromatic N) is 2. The monoisotopic (exact) mass is 349 g/mol. The molecular formula is C17H23N3O3S. The van der Waals surface area contributed by atoms with Crippen molar-refractivity contribution < 1.29 is 13.2 Å². The number of hydrogen-bond donors (Lipinski definition) is 1. The van der Waals surface area contributed by atoms with Crippen LogP contribution in [0.1, 0.15) is 30.4 Å². The average Bonchev–Trinajstić information content (AvgIpc) is 2.97. The predicted molar refractivity (Wildman–Crippen MR) is 92.5 cm³/mol. The van der Waals surface area contributed by atoms with E-state index >= 15 is 0 Å². The Kier molecular flexibility index (Phi) is 4.91. The molecule has 0 radical (unpaired) electrons. The highest BCUT2D eigenvalue weighted by Crippen LogP contribution is 2.21. The maximum absolute atomic E-state index is 12.6. The lowest BCUT2D eigenvalue weighted by Crippen LogP contribution is -2.24. The molecule has 130 valence electrons. The van der Waals surface area contributed by atoms with Gasteiger partial charge in [-0.1, -0.05) is 12.1 Å². The minimum absolute atomic E-state index is 0.155. The van der Waals surface area contributed by atoms with Crippen LogP contribution in [0.25, 0.3) is 0 Å². The molecule has 0 spiro atoms. The fraction of sp³-hybridized carbons (Fsp3) is 0.471. The Hall–Kier alpha value is -1.86. The molecule has 0 bridgehead atoms. The van der Waals surface area contributed by atoms with Crippen LogP contribution in [0.2, 0.25) is 0 Å². The third-order valence-corrected chi connectivity index (χ3v) is 5.71. The van der Waals surface area contributed by atoms with E-state index in [1.54, 1.807) is 23.9 Å². The molecule has 3 rings (SSSR count). The number of nitrogens with one attached hydrogen (secondary N) is 1. The van der Waals surface area contributed by atoms with Gasteiger partial charge in [0, 0.05) is 12.8 Å². The number of ether oxygens (including phenoxy) is 1. The van der Waals surface area contributed by atoms with E-state index in [9.17, 15) is 8.42 Å². The molecule has 0 saturated carbocycles. The van der Waals surface area contributed by atoms with E-state index < -0.39 is 10.0 Å². The molecule has 2 aromatic rings. The highest BCUT2D eigenvalue weighted by molar-refractivity contribution is 7.92. The Morgan fingerprint density at radius 1 is 1.33 bits per heavy atom. The molecule has 24 heavy (non-hydrogen) atoms. The smallest absolute Gasteiger partial charge is 0.262 e. The fourth-order valence-corrected chi connectivity index (χ4v) is 4.24. The van der Waals surface area contributed by atoms with Crippen molar-refractivity contribution >= 4 is 15.7 Å². The second-order valence-electron chi connectivity index (χ2n) is 6.31. The van der Waals surface area contributed by atoms with Gasteiger partial charge in [0.25, 0.3) is 10.0 Å². The SMILES string of the molecule is Cc1ccc(C)c(S(=O)(=O)Nc2cnn(CC3CCCCO3)c2)c1. The first kappa shape index (κ1) is 17.0. The quantitative estimate of drug-likeness (QED) is 0.901. The summed E-state index contributed by atoms with van der Waals surface area (Å²) in [6.07, 6.45) is 6.69. The van der Waals surface area contributed by atoms with Gasteiger partial charge < -0.3 is 4.74 Å². The molecule has 1 aliphatic heterocycles. The van der Waals surface area contributed by atoms with Crippen molar-refractivity contribution in [1.82, 2.24) is 9.78 Å². The van der Waals surface area contributed by atoms with Crippen LogP contribution in [0.4, 0.5) is 5.69 Å². The van der Waals surface area contributed by atoms with E-state index in [4.69, 9.17) is 4.74 Å². The van der Waals surface area contributed by atoms with Crippen LogP contribution in [0.15, 0.2) is 35.5 Å². The molecule has 1 fully saturated rings. The first-order chi connectivity index (χ1) is 11.4. The largest absolute Gasteiger partial charge is 0.376 e. The number of aromatic nitrogens is 2. The summed E-state index contributed by atoms with van der Waals surface area (Å²) in [5.41, 5.74) is 2.09. The Morgan fingerprint density at radius 2 is 2.17 bits per heavy atom. The molecule has 7 heteroatoms. The minimum atomic E-state index is -3.62. The van der Waals surface area contributed by atoms with Gasteiger partial charge in [0.2, 0.25) is 0 Å². The van der Waals surface area contributed by atoms with Crippen molar-refractivity contribution in [1.29, 1.82) is 0 Å². The first-order valence-electron chi connectivity index (χ1n) is 8.18. The third-order valence-electron chi connectivity index (χ3n) is 4.18. The van der Waals surface area contributed by atoms with E-state index in [2.05, 4.69) is 9.82 Å². The maximum atomic E-state index is 12.6. The van der Waals surface area contributed by atoms with Gasteiger partial charge in [-0.05, 0) is 50.3 Å². The summed E-state index contributed by atoms with van der Waals surface area (Å²) in [4.78, 5) is 0.297. The highest BCUT2D eigenvalue weighted by Gasteiger charge is 2.19. The Bertz CT molecular complexity index is 808. The van der Waals surface area contributed by atoms with Crippen LogP contribution in [-0.2, 0) is 21.3 Å². The molecule has 1 aromatic heterocycles. The van der Waals surface area contributed by atoms with Crippen molar-refractivity contribution in [2.75, 3.05) is 11.3 Å². The number of sulfonamides is 1. The lowest BCUT2D eigenvalue weighted by atomic mass is 10.1. The predicted octanol–water partition coefficient (Wildman–Crippen LogP) is 2.87. The maximum Gasteiger partial charge on any atom is 0.262 e. The van der Waals surface area contributed by atoms with Gasteiger partial charge in [0.15, 0.2) is 0 Å². The molecule has 1 N–H and O–H groups in total. The van der Waals surface area contributed by atoms with Gasteiger partial charge in [-0.3, -0.25) is 9.40 Å². The van der Waals surface area contributed by atoms with Crippen LogP contribution >= 0.6 is 0 Å². The highest BCUT2D eigenvalue weighted by atomic mass is 32.2. The summed E-state index contributed by atoms with van der Waals surface area (Å²) < 4.78 is 35.2. The number of benzene rings is 1. The molecule has 0 amide bonds. The van der Waals surface area contributed by atoms with Crippen molar-refractivity contribution in [3.63, 3.8) is 0 Å². The number of anilines is 1. The Labute approximate surface area is 142 Å². The van der Waals surface area contributed by atoms with Gasteiger partial charge in [-0.15, -0.1) is 0 Å². The van der Waals surface area contributed by atoms with Crippen LogP contribution in [0.3, 0.4) is 0 Å². The van der Waals surface area contributed by atoms with Gasteiger partial charge in [0.05, 0.1) is 29.4 Å². The average molecular weight is 349 g/mol. The standard InChI is InChI=1S/C17H23N3O3S/c1-13-6-7-14(2)17(9-13)24(21,22)19-15-10-18-20(11-15)12-16-5-3-4-8-23-16/h6-7,9-11,16,19H,3-5,8,12H2,1-2H3. The molecule has 1 saturated heterocycles. The molecular weight excluding hydrogens is 326 g/mol. The molecule has 1 aliphatic rings. The second-order valence-corrected chi connectivity index (χ2v) is 7.96. The van der Waals surface area contributed by atoms with Crippen molar-refractivity contribution in [3.05, 3.63) is 41.7 Å². The lowest BCUT2D eigenvalue weighted by Gasteiger charge is -2.22. The van der Waals surface area contributed by atoms with Gasteiger partial charge >= 0.3 is 0 Å². The summed E-state index contributed by atoms with van der Waals surface area (Å²) in [7, 11) is -3.62. The number of rotatable bonds is 5. The summed E-state index contributed by atoms with van der Waals surface area (Å²) in [5.74, 6) is 0. The zero-order chi connectivity index (χ0) is 17.2. The molecule has 2 heterocycles. The third kappa shape index (κ3) is 3.96. The van der Waals surface area contributed by atoms with Crippen molar-refractivity contribution in [2.24, 2.45) is 0 Å². The first-order valence-corrected chi connectivity index (χ1v) is 9.66. The van der Waals surface area contributed by atoms with Gasteiger partial charge in [-0.2, -0.15) is 5.10 Å². The van der Waals surface area contributed by atoms with E-state index in [0.717, 1.165) is 37.0 Å². The lowest BCUT2D eigenvalue weighted by molar-refractivity contribution is 0.00401. The minimum Gasteiger partial charge on any atom is -0.376 e. The zero-order valence-electron chi connectivity index (χ0n) is 14.0. The normalized spacial score (nSPS) is 18.5. The van der Waals surface area contributed by atoms with E-state index in [1.807, 2.05) is 19.1 Å². The van der Waals surface area contributed by atoms with Gasteiger partial charge in [0.1, 0.15) is 0 Å². The van der Waals surface area contributed by atoms with E-state index in [0.29, 0.717) is 17.1 Å². The van der Waals surface area contributed by atoms with Gasteiger partial charge in [-0.25, -0.2) is 8.42 Å². The summed E-state index contributed by atoms with van der Waals surface area (Å²) in [6, 6.07) is 5.39.